The van der Waals surface area contributed by atoms with Crippen molar-refractivity contribution < 1.29 is 26.4 Å². The minimum absolute atomic E-state index is 0.157. The zero-order valence-electron chi connectivity index (χ0n) is 8.47. The number of hydrogen-bond donors (Lipinski definition) is 1. The van der Waals surface area contributed by atoms with Crippen molar-refractivity contribution in [3.63, 3.8) is 0 Å². The molecule has 4 nitrogen and oxygen atoms in total. The molecule has 1 N–H and O–H groups in total. The normalized spacial score (nSPS) is 13.5. The highest BCUT2D eigenvalue weighted by atomic mass is 32.2. The van der Waals surface area contributed by atoms with Gasteiger partial charge in [0.2, 0.25) is 10.0 Å². The van der Waals surface area contributed by atoms with Gasteiger partial charge in [-0.2, -0.15) is 13.2 Å². The van der Waals surface area contributed by atoms with Gasteiger partial charge in [-0.25, -0.2) is 8.42 Å². The third kappa shape index (κ3) is 9.95. The van der Waals surface area contributed by atoms with Crippen LogP contribution in [0.4, 0.5) is 13.2 Å². The maximum Gasteiger partial charge on any atom is 0.413 e. The van der Waals surface area contributed by atoms with E-state index < -0.39 is 22.8 Å². The molecule has 0 radical (unpaired) electrons. The molecule has 0 aromatic carbocycles. The lowest BCUT2D eigenvalue weighted by Crippen LogP contribution is -2.31. The first kappa shape index (κ1) is 14.7. The molecule has 0 bridgehead atoms. The first-order valence-electron chi connectivity index (χ1n) is 4.30. The Bertz CT molecular complexity index is 274. The van der Waals surface area contributed by atoms with Crippen LogP contribution in [0.15, 0.2) is 0 Å². The standard InChI is InChI=1S/C7H14F3NO3S/c1-6(2)3-4-15(12,13)11-14-5-7(8,9)10/h6,11H,3-5H2,1-2H3. The summed E-state index contributed by atoms with van der Waals surface area (Å²) in [6.07, 6.45) is -4.18. The largest absolute Gasteiger partial charge is 0.413 e. The molecule has 0 aromatic rings. The summed E-state index contributed by atoms with van der Waals surface area (Å²) in [7, 11) is -3.77. The minimum atomic E-state index is -4.54. The second-order valence-corrected chi connectivity index (χ2v) is 5.29. The van der Waals surface area contributed by atoms with Gasteiger partial charge >= 0.3 is 6.18 Å². The summed E-state index contributed by atoms with van der Waals surface area (Å²) in [6.45, 7) is 1.99. The van der Waals surface area contributed by atoms with E-state index in [1.165, 1.54) is 4.89 Å². The first-order valence-corrected chi connectivity index (χ1v) is 5.95. The molecule has 0 aliphatic carbocycles. The van der Waals surface area contributed by atoms with Crippen molar-refractivity contribution in [2.75, 3.05) is 12.4 Å². The van der Waals surface area contributed by atoms with Gasteiger partial charge in [0.05, 0.1) is 5.75 Å². The van der Waals surface area contributed by atoms with E-state index in [9.17, 15) is 21.6 Å². The average Bonchev–Trinajstić information content (AvgIpc) is 1.98. The molecule has 0 rings (SSSR count). The molecule has 0 fully saturated rings. The molecule has 15 heavy (non-hydrogen) atoms. The van der Waals surface area contributed by atoms with Gasteiger partial charge in [0, 0.05) is 0 Å². The van der Waals surface area contributed by atoms with Gasteiger partial charge in [-0.05, 0) is 12.3 Å². The second-order valence-electron chi connectivity index (χ2n) is 3.49. The number of halogens is 3. The first-order chi connectivity index (χ1) is 6.62. The Hall–Kier alpha value is -0.340. The number of hydrogen-bond acceptors (Lipinski definition) is 3. The molecular formula is C7H14F3NO3S. The van der Waals surface area contributed by atoms with E-state index in [2.05, 4.69) is 4.84 Å². The summed E-state index contributed by atoms with van der Waals surface area (Å²) < 4.78 is 56.8. The van der Waals surface area contributed by atoms with Gasteiger partial charge in [-0.3, -0.25) is 4.84 Å². The zero-order valence-corrected chi connectivity index (χ0v) is 9.28. The van der Waals surface area contributed by atoms with Crippen molar-refractivity contribution in [3.8, 4) is 0 Å². The molecule has 0 aliphatic heterocycles. The van der Waals surface area contributed by atoms with Crippen LogP contribution in [0.25, 0.3) is 0 Å². The van der Waals surface area contributed by atoms with Crippen molar-refractivity contribution in [2.45, 2.75) is 26.4 Å². The molecule has 0 aromatic heterocycles. The molecular weight excluding hydrogens is 235 g/mol. The molecule has 92 valence electrons. The van der Waals surface area contributed by atoms with Crippen molar-refractivity contribution in [1.29, 1.82) is 0 Å². The highest BCUT2D eigenvalue weighted by Gasteiger charge is 2.28. The van der Waals surface area contributed by atoms with Crippen LogP contribution < -0.4 is 4.89 Å². The SMILES string of the molecule is CC(C)CCS(=O)(=O)NOCC(F)(F)F. The van der Waals surface area contributed by atoms with Crippen LogP contribution >= 0.6 is 0 Å². The van der Waals surface area contributed by atoms with Crippen molar-refractivity contribution >= 4 is 10.0 Å². The fraction of sp³-hybridized carbons (Fsp3) is 1.00. The van der Waals surface area contributed by atoms with E-state index in [0.717, 1.165) is 0 Å². The van der Waals surface area contributed by atoms with Gasteiger partial charge in [-0.15, -0.1) is 0 Å². The van der Waals surface area contributed by atoms with Crippen LogP contribution in [-0.2, 0) is 14.9 Å². The summed E-state index contributed by atoms with van der Waals surface area (Å²) in [6, 6.07) is 0. The Labute approximate surface area is 86.8 Å². The van der Waals surface area contributed by atoms with Gasteiger partial charge < -0.3 is 0 Å². The number of rotatable bonds is 6. The lowest BCUT2D eigenvalue weighted by molar-refractivity contribution is -0.181. The van der Waals surface area contributed by atoms with E-state index in [1.54, 1.807) is 0 Å². The van der Waals surface area contributed by atoms with Gasteiger partial charge in [0.1, 0.15) is 0 Å². The molecule has 8 heteroatoms. The fourth-order valence-electron chi connectivity index (χ4n) is 0.634. The molecule has 0 amide bonds. The van der Waals surface area contributed by atoms with E-state index in [1.807, 2.05) is 13.8 Å². The van der Waals surface area contributed by atoms with E-state index >= 15 is 0 Å². The molecule has 0 heterocycles. The number of nitrogens with one attached hydrogen (secondary N) is 1. The smallest absolute Gasteiger partial charge is 0.278 e. The van der Waals surface area contributed by atoms with Gasteiger partial charge in [0.15, 0.2) is 6.61 Å². The molecule has 0 spiro atoms. The summed E-state index contributed by atoms with van der Waals surface area (Å²) in [5.74, 6) is -0.0908. The monoisotopic (exact) mass is 249 g/mol. The number of sulfonamides is 1. The number of alkyl halides is 3. The van der Waals surface area contributed by atoms with Crippen LogP contribution in [-0.4, -0.2) is 27.0 Å². The van der Waals surface area contributed by atoms with Gasteiger partial charge in [-0.1, -0.05) is 18.7 Å². The maximum atomic E-state index is 11.6. The predicted molar refractivity (Wildman–Crippen MR) is 48.4 cm³/mol. The van der Waals surface area contributed by atoms with Crippen molar-refractivity contribution in [1.82, 2.24) is 4.89 Å². The lowest BCUT2D eigenvalue weighted by Gasteiger charge is -2.09. The van der Waals surface area contributed by atoms with Crippen LogP contribution in [0.3, 0.4) is 0 Å². The third-order valence-corrected chi connectivity index (χ3v) is 2.53. The summed E-state index contributed by atoms with van der Waals surface area (Å²) in [5, 5.41) is 0. The van der Waals surface area contributed by atoms with Gasteiger partial charge in [0.25, 0.3) is 0 Å². The summed E-state index contributed by atoms with van der Waals surface area (Å²) in [4.78, 5) is 5.26. The summed E-state index contributed by atoms with van der Waals surface area (Å²) >= 11 is 0. The fourth-order valence-corrected chi connectivity index (χ4v) is 1.74. The minimum Gasteiger partial charge on any atom is -0.278 e. The Morgan fingerprint density at radius 2 is 1.87 bits per heavy atom. The second kappa shape index (κ2) is 5.66. The highest BCUT2D eigenvalue weighted by Crippen LogP contribution is 2.13. The van der Waals surface area contributed by atoms with E-state index in [4.69, 9.17) is 0 Å². The maximum absolute atomic E-state index is 11.6. The van der Waals surface area contributed by atoms with Crippen molar-refractivity contribution in [2.24, 2.45) is 5.92 Å². The Kier molecular flexibility index (Phi) is 5.54. The van der Waals surface area contributed by atoms with Crippen LogP contribution in [0.2, 0.25) is 0 Å². The Morgan fingerprint density at radius 3 is 2.27 bits per heavy atom. The van der Waals surface area contributed by atoms with Crippen LogP contribution in [0.1, 0.15) is 20.3 Å². The summed E-state index contributed by atoms with van der Waals surface area (Å²) in [5.41, 5.74) is 0. The molecule has 0 saturated heterocycles. The molecule has 0 atom stereocenters. The van der Waals surface area contributed by atoms with Crippen molar-refractivity contribution in [3.05, 3.63) is 0 Å². The quantitative estimate of drug-likeness (QED) is 0.725. The van der Waals surface area contributed by atoms with E-state index in [0.29, 0.717) is 6.42 Å². The third-order valence-electron chi connectivity index (χ3n) is 1.39. The molecule has 0 aliphatic rings. The Morgan fingerprint density at radius 1 is 1.33 bits per heavy atom. The topological polar surface area (TPSA) is 55.4 Å². The molecule has 0 unspecified atom stereocenters. The Balaban J connectivity index is 3.85. The highest BCUT2D eigenvalue weighted by molar-refractivity contribution is 7.89. The van der Waals surface area contributed by atoms with Crippen LogP contribution in [0, 0.1) is 5.92 Å². The lowest BCUT2D eigenvalue weighted by atomic mass is 10.2. The van der Waals surface area contributed by atoms with E-state index in [-0.39, 0.29) is 11.7 Å². The molecule has 0 saturated carbocycles. The zero-order chi connectivity index (χ0) is 12.1. The van der Waals surface area contributed by atoms with Crippen LogP contribution in [0.5, 0.6) is 0 Å². The predicted octanol–water partition coefficient (Wildman–Crippen LogP) is 1.45. The average molecular weight is 249 g/mol.